The molecule has 3 aliphatic carbocycles. The number of hydrazine groups is 1. The van der Waals surface area contributed by atoms with Gasteiger partial charge in [0, 0.05) is 18.6 Å². The topological polar surface area (TPSA) is 15.3 Å². The molecule has 1 aromatic carbocycles. The number of aryl methyl sites for hydroxylation is 1. The Morgan fingerprint density at radius 3 is 2.52 bits per heavy atom. The predicted octanol–water partition coefficient (Wildman–Crippen LogP) is 4.07. The van der Waals surface area contributed by atoms with Gasteiger partial charge in [0.15, 0.2) is 0 Å². The van der Waals surface area contributed by atoms with Crippen LogP contribution in [-0.4, -0.2) is 17.1 Å². The normalized spacial score (nSPS) is 23.6. The summed E-state index contributed by atoms with van der Waals surface area (Å²) in [6.07, 6.45) is 9.55. The van der Waals surface area contributed by atoms with E-state index in [1.807, 2.05) is 0 Å². The molecule has 3 fully saturated rings. The Balaban J connectivity index is 1.58. The molecule has 0 unspecified atom stereocenters. The van der Waals surface area contributed by atoms with E-state index in [-0.39, 0.29) is 0 Å². The molecular formula is C19H28N2. The van der Waals surface area contributed by atoms with Crippen molar-refractivity contribution in [2.75, 3.05) is 0 Å². The summed E-state index contributed by atoms with van der Waals surface area (Å²) in [6, 6.07) is 8.72. The number of nitrogens with one attached hydrogen (secondary N) is 1. The lowest BCUT2D eigenvalue weighted by Gasteiger charge is -2.27. The van der Waals surface area contributed by atoms with Crippen molar-refractivity contribution in [3.63, 3.8) is 0 Å². The molecule has 1 N–H and O–H groups in total. The Kier molecular flexibility index (Phi) is 3.35. The second-order valence-electron chi connectivity index (χ2n) is 7.56. The van der Waals surface area contributed by atoms with Crippen molar-refractivity contribution in [2.45, 2.75) is 82.8 Å². The molecule has 2 nitrogen and oxygen atoms in total. The highest BCUT2D eigenvalue weighted by Gasteiger charge is 2.44. The predicted molar refractivity (Wildman–Crippen MR) is 87.1 cm³/mol. The Morgan fingerprint density at radius 2 is 1.95 bits per heavy atom. The second kappa shape index (κ2) is 5.10. The van der Waals surface area contributed by atoms with Crippen LogP contribution < -0.4 is 5.43 Å². The quantitative estimate of drug-likeness (QED) is 0.759. The standard InChI is InChI=1S/C19H28N2/c1-3-19(10-11-19)18-9-4-14(2)12-15(18)13-21(17-7-8-17)20-16-5-6-16/h4,9,12,16-17,20H,3,5-8,10-11,13H2,1-2H3. The first-order chi connectivity index (χ1) is 10.2. The average molecular weight is 284 g/mol. The summed E-state index contributed by atoms with van der Waals surface area (Å²) in [5, 5.41) is 2.56. The van der Waals surface area contributed by atoms with Crippen molar-refractivity contribution in [3.8, 4) is 0 Å². The Bertz CT molecular complexity index is 524. The molecule has 0 heterocycles. The van der Waals surface area contributed by atoms with E-state index in [1.54, 1.807) is 11.1 Å². The van der Waals surface area contributed by atoms with E-state index in [4.69, 9.17) is 0 Å². The number of hydrogen-bond acceptors (Lipinski definition) is 2. The Labute approximate surface area is 128 Å². The minimum absolute atomic E-state index is 0.512. The summed E-state index contributed by atoms with van der Waals surface area (Å²) in [6.45, 7) is 5.69. The van der Waals surface area contributed by atoms with Crippen LogP contribution >= 0.6 is 0 Å². The molecule has 0 atom stereocenters. The van der Waals surface area contributed by atoms with E-state index in [0.29, 0.717) is 5.41 Å². The highest BCUT2D eigenvalue weighted by atomic mass is 15.5. The van der Waals surface area contributed by atoms with Gasteiger partial charge in [0.1, 0.15) is 0 Å². The van der Waals surface area contributed by atoms with E-state index in [0.717, 1.165) is 18.6 Å². The van der Waals surface area contributed by atoms with Gasteiger partial charge < -0.3 is 0 Å². The second-order valence-corrected chi connectivity index (χ2v) is 7.56. The molecule has 0 saturated heterocycles. The van der Waals surface area contributed by atoms with Crippen molar-refractivity contribution in [1.82, 2.24) is 10.4 Å². The van der Waals surface area contributed by atoms with E-state index >= 15 is 0 Å². The molecule has 0 aliphatic heterocycles. The third-order valence-corrected chi connectivity index (χ3v) is 5.62. The van der Waals surface area contributed by atoms with E-state index < -0.39 is 0 Å². The summed E-state index contributed by atoms with van der Waals surface area (Å²) in [7, 11) is 0. The lowest BCUT2D eigenvalue weighted by Crippen LogP contribution is -2.41. The summed E-state index contributed by atoms with van der Waals surface area (Å²) in [5.74, 6) is 0. The maximum atomic E-state index is 3.77. The molecule has 114 valence electrons. The van der Waals surface area contributed by atoms with Crippen molar-refractivity contribution >= 4 is 0 Å². The van der Waals surface area contributed by atoms with Gasteiger partial charge in [-0.3, -0.25) is 5.43 Å². The van der Waals surface area contributed by atoms with Crippen molar-refractivity contribution in [2.24, 2.45) is 0 Å². The van der Waals surface area contributed by atoms with Crippen LogP contribution in [0.25, 0.3) is 0 Å². The average Bonchev–Trinajstić information content (AvgIpc) is 3.34. The molecule has 0 aromatic heterocycles. The fraction of sp³-hybridized carbons (Fsp3) is 0.684. The molecule has 2 heteroatoms. The van der Waals surface area contributed by atoms with Gasteiger partial charge in [0.05, 0.1) is 0 Å². The molecule has 1 aromatic rings. The molecule has 21 heavy (non-hydrogen) atoms. The maximum absolute atomic E-state index is 3.77. The van der Waals surface area contributed by atoms with Gasteiger partial charge in [-0.2, -0.15) is 0 Å². The smallest absolute Gasteiger partial charge is 0.0388 e. The van der Waals surface area contributed by atoms with Crippen LogP contribution in [0.3, 0.4) is 0 Å². The minimum Gasteiger partial charge on any atom is -0.252 e. The van der Waals surface area contributed by atoms with Gasteiger partial charge in [0.25, 0.3) is 0 Å². The van der Waals surface area contributed by atoms with Crippen LogP contribution in [0.1, 0.15) is 68.6 Å². The van der Waals surface area contributed by atoms with Gasteiger partial charge in [0.2, 0.25) is 0 Å². The van der Waals surface area contributed by atoms with Gasteiger partial charge >= 0.3 is 0 Å². The molecule has 3 saturated carbocycles. The van der Waals surface area contributed by atoms with Gasteiger partial charge in [-0.15, -0.1) is 0 Å². The lowest BCUT2D eigenvalue weighted by atomic mass is 9.88. The Morgan fingerprint density at radius 1 is 1.19 bits per heavy atom. The first-order valence-corrected chi connectivity index (χ1v) is 8.83. The van der Waals surface area contributed by atoms with Crippen LogP contribution in [0.2, 0.25) is 0 Å². The lowest BCUT2D eigenvalue weighted by molar-refractivity contribution is 0.162. The Hall–Kier alpha value is -0.860. The number of nitrogens with zero attached hydrogens (tertiary/aromatic N) is 1. The minimum atomic E-state index is 0.512. The fourth-order valence-corrected chi connectivity index (χ4v) is 3.63. The van der Waals surface area contributed by atoms with Crippen LogP contribution in [0.4, 0.5) is 0 Å². The molecule has 0 spiro atoms. The van der Waals surface area contributed by atoms with Crippen molar-refractivity contribution in [1.29, 1.82) is 0 Å². The van der Waals surface area contributed by atoms with Crippen LogP contribution in [-0.2, 0) is 12.0 Å². The third kappa shape index (κ3) is 2.89. The summed E-state index contributed by atoms with van der Waals surface area (Å²) in [4.78, 5) is 0. The molecule has 3 aliphatic rings. The first kappa shape index (κ1) is 13.8. The number of rotatable bonds is 7. The van der Waals surface area contributed by atoms with Crippen LogP contribution in [0.15, 0.2) is 18.2 Å². The molecule has 0 amide bonds. The highest BCUT2D eigenvalue weighted by molar-refractivity contribution is 5.40. The monoisotopic (exact) mass is 284 g/mol. The van der Waals surface area contributed by atoms with Crippen molar-refractivity contribution in [3.05, 3.63) is 34.9 Å². The summed E-state index contributed by atoms with van der Waals surface area (Å²) >= 11 is 0. The van der Waals surface area contributed by atoms with Crippen LogP contribution in [0.5, 0.6) is 0 Å². The zero-order valence-corrected chi connectivity index (χ0v) is 13.5. The molecular weight excluding hydrogens is 256 g/mol. The van der Waals surface area contributed by atoms with Crippen LogP contribution in [0, 0.1) is 6.92 Å². The number of benzene rings is 1. The summed E-state index contributed by atoms with van der Waals surface area (Å²) in [5.41, 5.74) is 8.90. The molecule has 4 rings (SSSR count). The first-order valence-electron chi connectivity index (χ1n) is 8.83. The SMILES string of the molecule is CCC1(c2ccc(C)cc2CN(NC2CC2)C2CC2)CC1. The third-order valence-electron chi connectivity index (χ3n) is 5.62. The molecule has 0 radical (unpaired) electrons. The van der Waals surface area contributed by atoms with Gasteiger partial charge in [-0.05, 0) is 68.4 Å². The maximum Gasteiger partial charge on any atom is 0.0388 e. The fourth-order valence-electron chi connectivity index (χ4n) is 3.63. The zero-order valence-electron chi connectivity index (χ0n) is 13.5. The van der Waals surface area contributed by atoms with E-state index in [1.165, 1.54) is 50.5 Å². The summed E-state index contributed by atoms with van der Waals surface area (Å²) < 4.78 is 0. The molecule has 0 bridgehead atoms. The van der Waals surface area contributed by atoms with E-state index in [9.17, 15) is 0 Å². The van der Waals surface area contributed by atoms with Gasteiger partial charge in [-0.1, -0.05) is 30.7 Å². The highest BCUT2D eigenvalue weighted by Crippen LogP contribution is 2.52. The number of hydrogen-bond donors (Lipinski definition) is 1. The van der Waals surface area contributed by atoms with E-state index in [2.05, 4.69) is 42.5 Å². The van der Waals surface area contributed by atoms with Crippen molar-refractivity contribution < 1.29 is 0 Å². The van der Waals surface area contributed by atoms with Gasteiger partial charge in [-0.25, -0.2) is 5.01 Å². The zero-order chi connectivity index (χ0) is 14.4. The largest absolute Gasteiger partial charge is 0.252 e.